The summed E-state index contributed by atoms with van der Waals surface area (Å²) in [7, 11) is 1.64. The van der Waals surface area contributed by atoms with E-state index in [1.807, 2.05) is 31.4 Å². The Kier molecular flexibility index (Phi) is 5.50. The third-order valence-electron chi connectivity index (χ3n) is 5.52. The molecule has 154 valence electrons. The van der Waals surface area contributed by atoms with E-state index < -0.39 is 0 Å². The van der Waals surface area contributed by atoms with Crippen LogP contribution in [0.25, 0.3) is 0 Å². The normalized spacial score (nSPS) is 18.4. The number of piperidine rings is 1. The van der Waals surface area contributed by atoms with Crippen LogP contribution in [0.1, 0.15) is 44.0 Å². The van der Waals surface area contributed by atoms with Crippen molar-refractivity contribution >= 4 is 23.0 Å². The highest BCUT2D eigenvalue weighted by atomic mass is 32.1. The van der Waals surface area contributed by atoms with E-state index in [0.717, 1.165) is 29.7 Å². The Balaban J connectivity index is 1.52. The molecule has 7 heteroatoms. The summed E-state index contributed by atoms with van der Waals surface area (Å²) in [6.45, 7) is 5.91. The van der Waals surface area contributed by atoms with Gasteiger partial charge < -0.3 is 19.1 Å². The average molecular weight is 416 g/mol. The van der Waals surface area contributed by atoms with E-state index in [9.17, 15) is 9.59 Å². The van der Waals surface area contributed by atoms with E-state index in [-0.39, 0.29) is 17.6 Å². The highest BCUT2D eigenvalue weighted by Gasteiger charge is 2.33. The second-order valence-corrected chi connectivity index (χ2v) is 8.43. The van der Waals surface area contributed by atoms with Crippen molar-refractivity contribution in [1.82, 2.24) is 4.90 Å². The smallest absolute Gasteiger partial charge is 0.267 e. The molecule has 0 spiro atoms. The number of fused-ring (bicyclic) bond motifs is 1. The maximum Gasteiger partial charge on any atom is 0.267 e. The summed E-state index contributed by atoms with van der Waals surface area (Å²) in [4.78, 5) is 28.6. The molecule has 2 aliphatic heterocycles. The molecule has 1 amide bonds. The number of ether oxygens (including phenoxy) is 3. The number of methoxy groups -OCH3 is 1. The lowest BCUT2D eigenvalue weighted by molar-refractivity contribution is 0.0634. The summed E-state index contributed by atoms with van der Waals surface area (Å²) in [5, 5.41) is 1.82. The first-order chi connectivity index (χ1) is 14.0. The van der Waals surface area contributed by atoms with Crippen LogP contribution in [0.15, 0.2) is 17.5 Å². The largest absolute Gasteiger partial charge is 0.496 e. The Morgan fingerprint density at radius 3 is 2.62 bits per heavy atom. The molecular formula is C22H25NO5S. The number of ketones is 1. The molecule has 0 radical (unpaired) electrons. The number of nitrogens with zero attached hydrogens (tertiary/aromatic N) is 1. The van der Waals surface area contributed by atoms with Gasteiger partial charge in [-0.1, -0.05) is 0 Å². The van der Waals surface area contributed by atoms with Gasteiger partial charge in [0, 0.05) is 30.0 Å². The van der Waals surface area contributed by atoms with Crippen molar-refractivity contribution in [3.63, 3.8) is 0 Å². The van der Waals surface area contributed by atoms with Gasteiger partial charge in [-0.2, -0.15) is 0 Å². The number of rotatable bonds is 4. The molecule has 1 atom stereocenters. The molecule has 1 aromatic carbocycles. The van der Waals surface area contributed by atoms with Crippen molar-refractivity contribution in [3.05, 3.63) is 39.1 Å². The zero-order chi connectivity index (χ0) is 20.5. The fraction of sp³-hybridized carbons (Fsp3) is 0.455. The van der Waals surface area contributed by atoms with Crippen LogP contribution in [0, 0.1) is 19.8 Å². The van der Waals surface area contributed by atoms with Crippen molar-refractivity contribution in [3.8, 4) is 17.2 Å². The second-order valence-electron chi connectivity index (χ2n) is 7.55. The van der Waals surface area contributed by atoms with E-state index in [2.05, 4.69) is 0 Å². The topological polar surface area (TPSA) is 65.1 Å². The zero-order valence-electron chi connectivity index (χ0n) is 16.9. The maximum absolute atomic E-state index is 13.2. The van der Waals surface area contributed by atoms with Gasteiger partial charge in [-0.25, -0.2) is 0 Å². The van der Waals surface area contributed by atoms with Crippen LogP contribution in [0.5, 0.6) is 17.2 Å². The number of carbonyl (C=O) groups excluding carboxylic acids is 2. The zero-order valence-corrected chi connectivity index (χ0v) is 17.8. The molecular weight excluding hydrogens is 390 g/mol. The van der Waals surface area contributed by atoms with Gasteiger partial charge in [0.2, 0.25) is 0 Å². The minimum absolute atomic E-state index is 0.0821. The number of Topliss-reactive ketones (excluding diaryl/α,β-unsaturated/α-hetero) is 1. The minimum atomic E-state index is -0.201. The predicted octanol–water partition coefficient (Wildman–Crippen LogP) is 3.88. The molecule has 2 aromatic rings. The molecule has 0 unspecified atom stereocenters. The monoisotopic (exact) mass is 415 g/mol. The molecule has 4 rings (SSSR count). The second kappa shape index (κ2) is 8.06. The molecule has 0 bridgehead atoms. The molecule has 1 aromatic heterocycles. The molecule has 1 saturated heterocycles. The van der Waals surface area contributed by atoms with Crippen molar-refractivity contribution in [2.45, 2.75) is 26.7 Å². The van der Waals surface area contributed by atoms with E-state index in [1.165, 1.54) is 11.3 Å². The fourth-order valence-electron chi connectivity index (χ4n) is 4.18. The van der Waals surface area contributed by atoms with Gasteiger partial charge in [0.05, 0.1) is 7.11 Å². The van der Waals surface area contributed by atoms with E-state index in [1.54, 1.807) is 12.0 Å². The summed E-state index contributed by atoms with van der Waals surface area (Å²) in [5.41, 5.74) is 2.58. The first-order valence-electron chi connectivity index (χ1n) is 9.85. The average Bonchev–Trinajstić information content (AvgIpc) is 3.16. The minimum Gasteiger partial charge on any atom is -0.496 e. The molecule has 3 heterocycles. The quantitative estimate of drug-likeness (QED) is 0.709. The number of likely N-dealkylation sites (tertiary alicyclic amines) is 1. The first-order valence-corrected chi connectivity index (χ1v) is 10.7. The predicted molar refractivity (Wildman–Crippen MR) is 111 cm³/mol. The summed E-state index contributed by atoms with van der Waals surface area (Å²) in [6, 6.07) is 3.77. The van der Waals surface area contributed by atoms with Crippen molar-refractivity contribution in [2.24, 2.45) is 5.92 Å². The Bertz CT molecular complexity index is 928. The maximum atomic E-state index is 13.2. The van der Waals surface area contributed by atoms with Gasteiger partial charge in [-0.15, -0.1) is 11.3 Å². The number of hydrogen-bond donors (Lipinski definition) is 0. The Labute approximate surface area is 174 Å². The fourth-order valence-corrected chi connectivity index (χ4v) is 5.08. The van der Waals surface area contributed by atoms with Crippen LogP contribution < -0.4 is 14.2 Å². The molecule has 29 heavy (non-hydrogen) atoms. The van der Waals surface area contributed by atoms with Gasteiger partial charge in [0.15, 0.2) is 17.3 Å². The molecule has 2 aliphatic rings. The number of benzene rings is 1. The standard InChI is InChI=1S/C22H25NO5S/c1-13-9-16(10-14(2)19(13)26-3)18(24)15-5-4-6-23(11-15)22(25)21-20-17(12-29-21)27-7-8-28-20/h9-10,12,15H,4-8,11H2,1-3H3/t15-/m0/s1. The van der Waals surface area contributed by atoms with Crippen LogP contribution in [0.3, 0.4) is 0 Å². The first kappa shape index (κ1) is 19.8. The Morgan fingerprint density at radius 2 is 1.90 bits per heavy atom. The summed E-state index contributed by atoms with van der Waals surface area (Å²) < 4.78 is 16.6. The summed E-state index contributed by atoms with van der Waals surface area (Å²) >= 11 is 1.34. The van der Waals surface area contributed by atoms with Crippen LogP contribution in [-0.4, -0.2) is 50.0 Å². The third kappa shape index (κ3) is 3.71. The Morgan fingerprint density at radius 1 is 1.17 bits per heavy atom. The molecule has 0 N–H and O–H groups in total. The summed E-state index contributed by atoms with van der Waals surface area (Å²) in [6.07, 6.45) is 1.59. The lowest BCUT2D eigenvalue weighted by Gasteiger charge is -2.32. The van der Waals surface area contributed by atoms with Gasteiger partial charge in [0.25, 0.3) is 5.91 Å². The highest BCUT2D eigenvalue weighted by molar-refractivity contribution is 7.12. The number of thiophene rings is 1. The molecule has 1 fully saturated rings. The lowest BCUT2D eigenvalue weighted by atomic mass is 9.88. The van der Waals surface area contributed by atoms with Crippen molar-refractivity contribution in [1.29, 1.82) is 0 Å². The van der Waals surface area contributed by atoms with Crippen LogP contribution in [0.2, 0.25) is 0 Å². The molecule has 0 aliphatic carbocycles. The van der Waals surface area contributed by atoms with Crippen LogP contribution >= 0.6 is 11.3 Å². The SMILES string of the molecule is COc1c(C)cc(C(=O)[C@H]2CCCN(C(=O)c3scc4c3OCCO4)C2)cc1C. The number of hydrogen-bond acceptors (Lipinski definition) is 6. The van der Waals surface area contributed by atoms with Crippen LogP contribution in [-0.2, 0) is 0 Å². The van der Waals surface area contributed by atoms with Gasteiger partial charge in [-0.3, -0.25) is 9.59 Å². The lowest BCUT2D eigenvalue weighted by Crippen LogP contribution is -2.42. The van der Waals surface area contributed by atoms with Crippen molar-refractivity contribution < 1.29 is 23.8 Å². The van der Waals surface area contributed by atoms with E-state index in [0.29, 0.717) is 48.2 Å². The number of aryl methyl sites for hydroxylation is 2. The van der Waals surface area contributed by atoms with Crippen LogP contribution in [0.4, 0.5) is 0 Å². The van der Waals surface area contributed by atoms with Gasteiger partial charge >= 0.3 is 0 Å². The van der Waals surface area contributed by atoms with Crippen molar-refractivity contribution in [2.75, 3.05) is 33.4 Å². The molecule has 0 saturated carbocycles. The molecule has 6 nitrogen and oxygen atoms in total. The van der Waals surface area contributed by atoms with E-state index >= 15 is 0 Å². The van der Waals surface area contributed by atoms with Gasteiger partial charge in [-0.05, 0) is 49.9 Å². The number of carbonyl (C=O) groups is 2. The third-order valence-corrected chi connectivity index (χ3v) is 6.45. The summed E-state index contributed by atoms with van der Waals surface area (Å²) in [5.74, 6) is 1.80. The highest BCUT2D eigenvalue weighted by Crippen LogP contribution is 2.40. The van der Waals surface area contributed by atoms with Gasteiger partial charge in [0.1, 0.15) is 23.8 Å². The number of amides is 1. The van der Waals surface area contributed by atoms with E-state index in [4.69, 9.17) is 14.2 Å². The Hall–Kier alpha value is -2.54.